The van der Waals surface area contributed by atoms with Gasteiger partial charge in [0.05, 0.1) is 6.04 Å². The molecule has 0 aliphatic carbocycles. The first-order valence-corrected chi connectivity index (χ1v) is 8.78. The van der Waals surface area contributed by atoms with Crippen LogP contribution in [0.1, 0.15) is 31.7 Å². The van der Waals surface area contributed by atoms with Gasteiger partial charge >= 0.3 is 5.76 Å². The molecule has 0 saturated carbocycles. The summed E-state index contributed by atoms with van der Waals surface area (Å²) in [4.78, 5) is 26.4. The smallest absolute Gasteiger partial charge is 0.388 e. The topological polar surface area (TPSA) is 77.6 Å². The fourth-order valence-electron chi connectivity index (χ4n) is 3.52. The number of rotatable bonds is 3. The van der Waals surface area contributed by atoms with Gasteiger partial charge in [-0.25, -0.2) is 4.79 Å². The summed E-state index contributed by atoms with van der Waals surface area (Å²) < 4.78 is 12.2. The minimum absolute atomic E-state index is 0.0396. The molecular formula is C18H21N3O4. The standard InChI is InChI=1S/C18H21N3O4/c22-17(15-7-4-12-24-15)20-10-8-14(9-11-20)21-18(23)25-16(19-21)13-5-2-1-3-6-13/h1-3,5-6,14-15H,4,7-12H2. The Morgan fingerprint density at radius 1 is 1.12 bits per heavy atom. The zero-order chi connectivity index (χ0) is 17.2. The number of ether oxygens (including phenoxy) is 1. The fourth-order valence-corrected chi connectivity index (χ4v) is 3.52. The van der Waals surface area contributed by atoms with Crippen LogP contribution in [-0.2, 0) is 9.53 Å². The summed E-state index contributed by atoms with van der Waals surface area (Å²) in [6.07, 6.45) is 2.86. The number of piperidine rings is 1. The molecule has 1 aromatic heterocycles. The molecule has 0 bridgehead atoms. The number of aromatic nitrogens is 2. The number of hydrogen-bond donors (Lipinski definition) is 0. The Balaban J connectivity index is 1.43. The lowest BCUT2D eigenvalue weighted by Gasteiger charge is -2.32. The second-order valence-electron chi connectivity index (χ2n) is 6.54. The molecule has 1 atom stereocenters. The normalized spacial score (nSPS) is 21.6. The minimum Gasteiger partial charge on any atom is -0.388 e. The fraction of sp³-hybridized carbons (Fsp3) is 0.500. The average Bonchev–Trinajstić information content (AvgIpc) is 3.32. The molecule has 1 amide bonds. The van der Waals surface area contributed by atoms with Gasteiger partial charge in [0.25, 0.3) is 5.91 Å². The highest BCUT2D eigenvalue weighted by molar-refractivity contribution is 5.81. The third-order valence-electron chi connectivity index (χ3n) is 4.92. The maximum absolute atomic E-state index is 12.4. The zero-order valence-electron chi connectivity index (χ0n) is 14.0. The van der Waals surface area contributed by atoms with Crippen LogP contribution in [0.2, 0.25) is 0 Å². The molecule has 2 aromatic rings. The quantitative estimate of drug-likeness (QED) is 0.850. The first-order valence-electron chi connectivity index (χ1n) is 8.78. The predicted molar refractivity (Wildman–Crippen MR) is 90.0 cm³/mol. The molecule has 2 aliphatic heterocycles. The van der Waals surface area contributed by atoms with Crippen LogP contribution in [0.4, 0.5) is 0 Å². The lowest BCUT2D eigenvalue weighted by atomic mass is 10.0. The first-order chi connectivity index (χ1) is 12.2. The molecule has 2 fully saturated rings. The number of benzene rings is 1. The zero-order valence-corrected chi connectivity index (χ0v) is 14.0. The predicted octanol–water partition coefficient (Wildman–Crippen LogP) is 1.85. The molecule has 132 valence electrons. The van der Waals surface area contributed by atoms with E-state index in [2.05, 4.69) is 5.10 Å². The molecule has 1 unspecified atom stereocenters. The molecule has 25 heavy (non-hydrogen) atoms. The Bertz CT molecular complexity index is 784. The van der Waals surface area contributed by atoms with Crippen molar-refractivity contribution < 1.29 is 13.9 Å². The third-order valence-corrected chi connectivity index (χ3v) is 4.92. The monoisotopic (exact) mass is 343 g/mol. The van der Waals surface area contributed by atoms with E-state index < -0.39 is 5.76 Å². The number of nitrogens with zero attached hydrogens (tertiary/aromatic N) is 3. The van der Waals surface area contributed by atoms with Crippen LogP contribution >= 0.6 is 0 Å². The minimum atomic E-state index is -0.442. The molecule has 7 nitrogen and oxygen atoms in total. The summed E-state index contributed by atoms with van der Waals surface area (Å²) in [6, 6.07) is 9.34. The van der Waals surface area contributed by atoms with Crippen molar-refractivity contribution in [2.24, 2.45) is 0 Å². The average molecular weight is 343 g/mol. The van der Waals surface area contributed by atoms with E-state index >= 15 is 0 Å². The van der Waals surface area contributed by atoms with Gasteiger partial charge in [0.2, 0.25) is 5.89 Å². The van der Waals surface area contributed by atoms with Crippen molar-refractivity contribution in [2.45, 2.75) is 37.8 Å². The number of hydrogen-bond acceptors (Lipinski definition) is 5. The largest absolute Gasteiger partial charge is 0.437 e. The molecule has 3 heterocycles. The lowest BCUT2D eigenvalue weighted by Crippen LogP contribution is -2.44. The molecule has 0 N–H and O–H groups in total. The van der Waals surface area contributed by atoms with Crippen LogP contribution in [0.25, 0.3) is 11.5 Å². The van der Waals surface area contributed by atoms with Crippen LogP contribution in [0.5, 0.6) is 0 Å². The van der Waals surface area contributed by atoms with E-state index in [0.717, 1.165) is 18.4 Å². The maximum atomic E-state index is 12.4. The summed E-state index contributed by atoms with van der Waals surface area (Å²) in [5.41, 5.74) is 0.782. The Hall–Kier alpha value is -2.41. The van der Waals surface area contributed by atoms with Gasteiger partial charge < -0.3 is 14.1 Å². The molecule has 2 saturated heterocycles. The van der Waals surface area contributed by atoms with Gasteiger partial charge in [0, 0.05) is 25.3 Å². The molecular weight excluding hydrogens is 322 g/mol. The molecule has 0 spiro atoms. The Morgan fingerprint density at radius 2 is 1.88 bits per heavy atom. The van der Waals surface area contributed by atoms with E-state index in [1.807, 2.05) is 35.2 Å². The number of carbonyl (C=O) groups excluding carboxylic acids is 1. The van der Waals surface area contributed by atoms with Crippen LogP contribution < -0.4 is 5.76 Å². The number of likely N-dealkylation sites (tertiary alicyclic amines) is 1. The summed E-state index contributed by atoms with van der Waals surface area (Å²) in [5.74, 6) is -0.0281. The molecule has 1 aromatic carbocycles. The van der Waals surface area contributed by atoms with Crippen molar-refractivity contribution in [3.8, 4) is 11.5 Å². The van der Waals surface area contributed by atoms with Crippen LogP contribution in [0, 0.1) is 0 Å². The first kappa shape index (κ1) is 16.1. The maximum Gasteiger partial charge on any atom is 0.437 e. The van der Waals surface area contributed by atoms with E-state index in [-0.39, 0.29) is 18.1 Å². The van der Waals surface area contributed by atoms with Gasteiger partial charge in [-0.2, -0.15) is 4.68 Å². The van der Waals surface area contributed by atoms with Crippen molar-refractivity contribution in [2.75, 3.05) is 19.7 Å². The van der Waals surface area contributed by atoms with Gasteiger partial charge in [0.15, 0.2) is 0 Å². The van der Waals surface area contributed by atoms with E-state index in [1.54, 1.807) is 0 Å². The van der Waals surface area contributed by atoms with Crippen molar-refractivity contribution in [3.63, 3.8) is 0 Å². The van der Waals surface area contributed by atoms with Crippen molar-refractivity contribution in [1.29, 1.82) is 0 Å². The van der Waals surface area contributed by atoms with E-state index in [0.29, 0.717) is 38.4 Å². The van der Waals surface area contributed by atoms with Gasteiger partial charge in [0.1, 0.15) is 6.10 Å². The molecule has 7 heteroatoms. The highest BCUT2D eigenvalue weighted by Gasteiger charge is 2.32. The highest BCUT2D eigenvalue weighted by atomic mass is 16.5. The molecule has 2 aliphatic rings. The third kappa shape index (κ3) is 3.24. The van der Waals surface area contributed by atoms with Gasteiger partial charge in [-0.1, -0.05) is 18.2 Å². The summed E-state index contributed by atoms with van der Waals surface area (Å²) >= 11 is 0. The number of amides is 1. The van der Waals surface area contributed by atoms with Gasteiger partial charge in [-0.3, -0.25) is 4.79 Å². The second-order valence-corrected chi connectivity index (χ2v) is 6.54. The SMILES string of the molecule is O=C(C1CCCO1)N1CCC(n2nc(-c3ccccc3)oc2=O)CC1. The van der Waals surface area contributed by atoms with E-state index in [1.165, 1.54) is 4.68 Å². The van der Waals surface area contributed by atoms with Gasteiger partial charge in [-0.15, -0.1) is 5.10 Å². The highest BCUT2D eigenvalue weighted by Crippen LogP contribution is 2.24. The lowest BCUT2D eigenvalue weighted by molar-refractivity contribution is -0.142. The van der Waals surface area contributed by atoms with Crippen LogP contribution in [-0.4, -0.2) is 46.4 Å². The Kier molecular flexibility index (Phi) is 4.40. The molecule has 0 radical (unpaired) electrons. The van der Waals surface area contributed by atoms with E-state index in [9.17, 15) is 9.59 Å². The van der Waals surface area contributed by atoms with E-state index in [4.69, 9.17) is 9.15 Å². The summed E-state index contributed by atoms with van der Waals surface area (Å²) in [5, 5.41) is 4.36. The van der Waals surface area contributed by atoms with Crippen molar-refractivity contribution >= 4 is 5.91 Å². The Morgan fingerprint density at radius 3 is 2.56 bits per heavy atom. The second kappa shape index (κ2) is 6.84. The van der Waals surface area contributed by atoms with Gasteiger partial charge in [-0.05, 0) is 37.8 Å². The molecule has 4 rings (SSSR count). The Labute approximate surface area is 145 Å². The van der Waals surface area contributed by atoms with Crippen molar-refractivity contribution in [1.82, 2.24) is 14.7 Å². The van der Waals surface area contributed by atoms with Crippen LogP contribution in [0.15, 0.2) is 39.5 Å². The van der Waals surface area contributed by atoms with Crippen LogP contribution in [0.3, 0.4) is 0 Å². The number of carbonyl (C=O) groups is 1. The summed E-state index contributed by atoms with van der Waals surface area (Å²) in [6.45, 7) is 1.90. The van der Waals surface area contributed by atoms with Crippen molar-refractivity contribution in [3.05, 3.63) is 40.9 Å². The summed E-state index contributed by atoms with van der Waals surface area (Å²) in [7, 11) is 0.